The number of aromatic nitrogens is 2. The molecule has 0 radical (unpaired) electrons. The normalized spacial score (nSPS) is 11.3. The Morgan fingerprint density at radius 2 is 1.79 bits per heavy atom. The minimum atomic E-state index is -4.56. The van der Waals surface area contributed by atoms with E-state index in [1.807, 2.05) is 40.8 Å². The van der Waals surface area contributed by atoms with Crippen LogP contribution < -0.4 is 5.32 Å². The van der Waals surface area contributed by atoms with Crippen molar-refractivity contribution in [2.24, 2.45) is 0 Å². The van der Waals surface area contributed by atoms with Gasteiger partial charge in [-0.15, -0.1) is 0 Å². The molecule has 0 saturated carbocycles. The van der Waals surface area contributed by atoms with Gasteiger partial charge in [0.2, 0.25) is 0 Å². The van der Waals surface area contributed by atoms with E-state index in [9.17, 15) is 18.0 Å². The van der Waals surface area contributed by atoms with Gasteiger partial charge < -0.3 is 4.74 Å². The molecule has 0 bridgehead atoms. The lowest BCUT2D eigenvalue weighted by Gasteiger charge is -2.15. The molecule has 3 rings (SSSR count). The van der Waals surface area contributed by atoms with Crippen molar-refractivity contribution >= 4 is 34.5 Å². The first-order chi connectivity index (χ1) is 13.3. The van der Waals surface area contributed by atoms with Crippen LogP contribution in [-0.4, -0.2) is 15.9 Å². The number of rotatable bonds is 4. The van der Waals surface area contributed by atoms with Crippen LogP contribution in [0, 0.1) is 10.5 Å². The van der Waals surface area contributed by atoms with Crippen LogP contribution in [0.15, 0.2) is 54.6 Å². The smallest absolute Gasteiger partial charge is 0.418 e. The maximum absolute atomic E-state index is 13.4. The highest BCUT2D eigenvalue weighted by molar-refractivity contribution is 14.1. The fourth-order valence-electron chi connectivity index (χ4n) is 2.54. The van der Waals surface area contributed by atoms with E-state index in [0.717, 1.165) is 16.3 Å². The summed E-state index contributed by atoms with van der Waals surface area (Å²) in [5.74, 6) is 0.118. The van der Waals surface area contributed by atoms with Gasteiger partial charge in [0, 0.05) is 0 Å². The van der Waals surface area contributed by atoms with E-state index < -0.39 is 17.8 Å². The Morgan fingerprint density at radius 3 is 2.46 bits per heavy atom. The Hall–Kier alpha value is -2.56. The number of amides is 1. The van der Waals surface area contributed by atoms with Crippen molar-refractivity contribution < 1.29 is 22.7 Å². The molecular formula is C19H15F3IN3O2. The van der Waals surface area contributed by atoms with Gasteiger partial charge in [0.1, 0.15) is 6.61 Å². The van der Waals surface area contributed by atoms with Gasteiger partial charge in [-0.3, -0.25) is 5.32 Å². The molecule has 1 N–H and O–H groups in total. The van der Waals surface area contributed by atoms with Crippen LogP contribution in [0.1, 0.15) is 16.8 Å². The van der Waals surface area contributed by atoms with E-state index in [1.54, 1.807) is 19.1 Å². The molecule has 0 atom stereocenters. The predicted octanol–water partition coefficient (Wildman–Crippen LogP) is 5.55. The molecule has 0 fully saturated rings. The third-order valence-electron chi connectivity index (χ3n) is 3.86. The molecule has 1 aromatic heterocycles. The predicted molar refractivity (Wildman–Crippen MR) is 106 cm³/mol. The Bertz CT molecular complexity index is 988. The van der Waals surface area contributed by atoms with Gasteiger partial charge in [-0.05, 0) is 47.2 Å². The van der Waals surface area contributed by atoms with Crippen LogP contribution >= 0.6 is 22.6 Å². The summed E-state index contributed by atoms with van der Waals surface area (Å²) < 4.78 is 46.9. The monoisotopic (exact) mass is 501 g/mol. The Labute approximate surface area is 172 Å². The molecule has 0 spiro atoms. The maximum atomic E-state index is 13.4. The van der Waals surface area contributed by atoms with Gasteiger partial charge >= 0.3 is 12.3 Å². The number of carbonyl (C=O) groups is 1. The zero-order valence-corrected chi connectivity index (χ0v) is 16.8. The van der Waals surface area contributed by atoms with Gasteiger partial charge in [0.15, 0.2) is 5.82 Å². The highest BCUT2D eigenvalue weighted by Crippen LogP contribution is 2.36. The number of halogens is 4. The van der Waals surface area contributed by atoms with Gasteiger partial charge in [-0.25, -0.2) is 9.48 Å². The first-order valence-electron chi connectivity index (χ1n) is 8.17. The molecule has 0 aliphatic rings. The molecule has 3 aromatic rings. The van der Waals surface area contributed by atoms with Crippen molar-refractivity contribution in [3.8, 4) is 5.69 Å². The number of nitrogens with one attached hydrogen (secondary N) is 1. The van der Waals surface area contributed by atoms with Crippen LogP contribution in [0.3, 0.4) is 0 Å². The summed E-state index contributed by atoms with van der Waals surface area (Å²) in [7, 11) is 0. The largest absolute Gasteiger partial charge is 0.444 e. The number of alkyl halides is 3. The number of para-hydroxylation sites is 1. The van der Waals surface area contributed by atoms with E-state index in [4.69, 9.17) is 4.74 Å². The van der Waals surface area contributed by atoms with Crippen molar-refractivity contribution in [3.05, 3.63) is 75.0 Å². The average Bonchev–Trinajstić information content (AvgIpc) is 2.95. The Morgan fingerprint density at radius 1 is 1.14 bits per heavy atom. The number of benzene rings is 2. The molecule has 28 heavy (non-hydrogen) atoms. The van der Waals surface area contributed by atoms with Crippen molar-refractivity contribution in [3.63, 3.8) is 0 Å². The quantitative estimate of drug-likeness (QED) is 0.477. The minimum absolute atomic E-state index is 0.0372. The highest BCUT2D eigenvalue weighted by Gasteiger charge is 2.35. The molecule has 0 saturated heterocycles. The van der Waals surface area contributed by atoms with Crippen LogP contribution in [0.5, 0.6) is 0 Å². The summed E-state index contributed by atoms with van der Waals surface area (Å²) >= 11 is 1.92. The zero-order chi connectivity index (χ0) is 20.3. The Kier molecular flexibility index (Phi) is 5.92. The highest BCUT2D eigenvalue weighted by atomic mass is 127. The second kappa shape index (κ2) is 8.21. The molecule has 0 unspecified atom stereocenters. The van der Waals surface area contributed by atoms with Crippen LogP contribution in [0.4, 0.5) is 23.8 Å². The number of anilines is 1. The lowest BCUT2D eigenvalue weighted by Crippen LogP contribution is -2.18. The van der Waals surface area contributed by atoms with E-state index in [1.165, 1.54) is 18.2 Å². The van der Waals surface area contributed by atoms with Crippen LogP contribution in [-0.2, 0) is 17.5 Å². The van der Waals surface area contributed by atoms with Gasteiger partial charge in [-0.2, -0.15) is 18.3 Å². The molecule has 0 aliphatic carbocycles. The number of hydrogen-bond acceptors (Lipinski definition) is 3. The van der Waals surface area contributed by atoms with Crippen LogP contribution in [0.2, 0.25) is 0 Å². The number of carbonyl (C=O) groups excluding carboxylic acids is 1. The lowest BCUT2D eigenvalue weighted by molar-refractivity contribution is -0.137. The molecule has 146 valence electrons. The minimum Gasteiger partial charge on any atom is -0.444 e. The SMILES string of the molecule is Cc1nn(-c2ccccc2C(F)(F)F)c(NC(=O)OCc2ccccc2)c1I. The van der Waals surface area contributed by atoms with Gasteiger partial charge in [-0.1, -0.05) is 42.5 Å². The molecule has 1 amide bonds. The summed E-state index contributed by atoms with van der Waals surface area (Å²) in [6.07, 6.45) is -5.35. The molecule has 1 heterocycles. The van der Waals surface area contributed by atoms with Crippen molar-refractivity contribution in [1.29, 1.82) is 0 Å². The second-order valence-electron chi connectivity index (χ2n) is 5.86. The van der Waals surface area contributed by atoms with E-state index >= 15 is 0 Å². The van der Waals surface area contributed by atoms with E-state index in [-0.39, 0.29) is 18.1 Å². The third-order valence-corrected chi connectivity index (χ3v) is 5.15. The van der Waals surface area contributed by atoms with Gasteiger partial charge in [0.05, 0.1) is 20.5 Å². The number of aryl methyl sites for hydroxylation is 1. The van der Waals surface area contributed by atoms with Crippen LogP contribution in [0.25, 0.3) is 5.69 Å². The average molecular weight is 501 g/mol. The third kappa shape index (κ3) is 4.46. The topological polar surface area (TPSA) is 56.2 Å². The number of nitrogens with zero attached hydrogens (tertiary/aromatic N) is 2. The summed E-state index contributed by atoms with van der Waals surface area (Å²) in [5.41, 5.74) is 0.240. The molecule has 9 heteroatoms. The van der Waals surface area contributed by atoms with E-state index in [2.05, 4.69) is 10.4 Å². The van der Waals surface area contributed by atoms with E-state index in [0.29, 0.717) is 9.26 Å². The summed E-state index contributed by atoms with van der Waals surface area (Å²) in [6, 6.07) is 14.1. The first kappa shape index (κ1) is 20.2. The lowest BCUT2D eigenvalue weighted by atomic mass is 10.1. The van der Waals surface area contributed by atoms with Crippen molar-refractivity contribution in [1.82, 2.24) is 9.78 Å². The fourth-order valence-corrected chi connectivity index (χ4v) is 3.02. The molecule has 0 aliphatic heterocycles. The fraction of sp³-hybridized carbons (Fsp3) is 0.158. The van der Waals surface area contributed by atoms with Gasteiger partial charge in [0.25, 0.3) is 0 Å². The first-order valence-corrected chi connectivity index (χ1v) is 9.24. The second-order valence-corrected chi connectivity index (χ2v) is 6.94. The Balaban J connectivity index is 1.89. The number of hydrogen-bond donors (Lipinski definition) is 1. The van der Waals surface area contributed by atoms with Crippen molar-refractivity contribution in [2.45, 2.75) is 19.7 Å². The number of ether oxygens (including phenoxy) is 1. The standard InChI is InChI=1S/C19H15F3IN3O2/c1-12-16(23)17(24-18(27)28-11-13-7-3-2-4-8-13)26(25-12)15-10-6-5-9-14(15)19(20,21)22/h2-10H,11H2,1H3,(H,24,27). The summed E-state index contributed by atoms with van der Waals surface area (Å²) in [6.45, 7) is 1.68. The summed E-state index contributed by atoms with van der Waals surface area (Å²) in [5, 5.41) is 6.68. The maximum Gasteiger partial charge on any atom is 0.418 e. The molecule has 5 nitrogen and oxygen atoms in total. The zero-order valence-electron chi connectivity index (χ0n) is 14.6. The molecular weight excluding hydrogens is 486 g/mol. The van der Waals surface area contributed by atoms with Crippen molar-refractivity contribution in [2.75, 3.05) is 5.32 Å². The summed E-state index contributed by atoms with van der Waals surface area (Å²) in [4.78, 5) is 12.2. The molecule has 2 aromatic carbocycles.